The number of nitrogens with one attached hydrogen (secondary N) is 3. The predicted molar refractivity (Wildman–Crippen MR) is 110 cm³/mol. The average molecular weight is 444 g/mol. The lowest BCUT2D eigenvalue weighted by atomic mass is 10.1. The van der Waals surface area contributed by atoms with Crippen LogP contribution in [-0.2, 0) is 0 Å². The van der Waals surface area contributed by atoms with Crippen molar-refractivity contribution in [3.8, 4) is 0 Å². The fourth-order valence-electron chi connectivity index (χ4n) is 2.81. The van der Waals surface area contributed by atoms with Gasteiger partial charge in [-0.05, 0) is 38.8 Å². The van der Waals surface area contributed by atoms with Gasteiger partial charge in [0, 0.05) is 24.7 Å². The fraction of sp³-hybridized carbons (Fsp3) is 0.556. The summed E-state index contributed by atoms with van der Waals surface area (Å²) in [5.74, 6) is 0.807. The third-order valence-electron chi connectivity index (χ3n) is 3.99. The first-order chi connectivity index (χ1) is 11.2. The highest BCUT2D eigenvalue weighted by Crippen LogP contribution is 2.17. The largest absolute Gasteiger partial charge is 0.357 e. The van der Waals surface area contributed by atoms with Gasteiger partial charge in [0.1, 0.15) is 0 Å². The molecule has 2 rings (SSSR count). The number of amides is 1. The summed E-state index contributed by atoms with van der Waals surface area (Å²) >= 11 is 0. The Morgan fingerprint density at radius 2 is 2.00 bits per heavy atom. The molecule has 0 radical (unpaired) electrons. The van der Waals surface area contributed by atoms with Crippen LogP contribution < -0.4 is 16.0 Å². The van der Waals surface area contributed by atoms with Gasteiger partial charge >= 0.3 is 0 Å². The Kier molecular flexibility index (Phi) is 9.75. The minimum Gasteiger partial charge on any atom is -0.357 e. The maximum absolute atomic E-state index is 12.1. The van der Waals surface area contributed by atoms with Crippen LogP contribution in [0.4, 0.5) is 0 Å². The normalized spacial score (nSPS) is 14.8. The average Bonchev–Trinajstić information content (AvgIpc) is 3.04. The monoisotopic (exact) mass is 444 g/mol. The molecular weight excluding hydrogens is 415 g/mol. The second-order valence-electron chi connectivity index (χ2n) is 6.01. The highest BCUT2D eigenvalue weighted by Gasteiger charge is 2.15. The first kappa shape index (κ1) is 20.7. The molecule has 0 heterocycles. The second kappa shape index (κ2) is 11.3. The number of guanidine groups is 1. The number of aryl methyl sites for hydroxylation is 1. The van der Waals surface area contributed by atoms with Gasteiger partial charge in [-0.1, -0.05) is 30.5 Å². The van der Waals surface area contributed by atoms with E-state index in [1.165, 1.54) is 25.7 Å². The number of carbonyl (C=O) groups is 1. The van der Waals surface area contributed by atoms with E-state index in [4.69, 9.17) is 0 Å². The maximum atomic E-state index is 12.1. The van der Waals surface area contributed by atoms with Crippen molar-refractivity contribution >= 4 is 35.8 Å². The maximum Gasteiger partial charge on any atom is 0.251 e. The smallest absolute Gasteiger partial charge is 0.251 e. The molecule has 0 unspecified atom stereocenters. The molecule has 24 heavy (non-hydrogen) atoms. The van der Waals surface area contributed by atoms with Crippen LogP contribution in [0.5, 0.6) is 0 Å². The lowest BCUT2D eigenvalue weighted by Crippen LogP contribution is -2.42. The molecule has 6 heteroatoms. The second-order valence-corrected chi connectivity index (χ2v) is 6.01. The van der Waals surface area contributed by atoms with Gasteiger partial charge in [0.25, 0.3) is 5.91 Å². The van der Waals surface area contributed by atoms with Gasteiger partial charge < -0.3 is 16.0 Å². The van der Waals surface area contributed by atoms with Crippen molar-refractivity contribution in [3.63, 3.8) is 0 Å². The summed E-state index contributed by atoms with van der Waals surface area (Å²) in [6.45, 7) is 5.99. The summed E-state index contributed by atoms with van der Waals surface area (Å²) in [5, 5.41) is 9.65. The highest BCUT2D eigenvalue weighted by atomic mass is 127. The number of aliphatic imine (C=N–C) groups is 1. The lowest BCUT2D eigenvalue weighted by Gasteiger charge is -2.16. The molecule has 0 aliphatic heterocycles. The Balaban J connectivity index is 0.00000288. The number of nitrogens with zero attached hydrogens (tertiary/aromatic N) is 1. The number of benzene rings is 1. The molecule has 0 spiro atoms. The number of rotatable bonds is 6. The van der Waals surface area contributed by atoms with E-state index >= 15 is 0 Å². The molecule has 3 N–H and O–H groups in total. The molecule has 1 aromatic rings. The topological polar surface area (TPSA) is 65.5 Å². The van der Waals surface area contributed by atoms with E-state index in [1.54, 1.807) is 0 Å². The SMILES string of the molecule is CCNC(=NCCNC(=O)c1cccc(C)c1)NC1CCCC1.I. The van der Waals surface area contributed by atoms with Crippen LogP contribution in [0.15, 0.2) is 29.3 Å². The fourth-order valence-corrected chi connectivity index (χ4v) is 2.81. The molecule has 1 fully saturated rings. The van der Waals surface area contributed by atoms with Crippen LogP contribution >= 0.6 is 24.0 Å². The van der Waals surface area contributed by atoms with Gasteiger partial charge in [0.05, 0.1) is 6.54 Å². The molecule has 1 saturated carbocycles. The van der Waals surface area contributed by atoms with E-state index in [9.17, 15) is 4.79 Å². The first-order valence-electron chi connectivity index (χ1n) is 8.58. The molecule has 0 atom stereocenters. The van der Waals surface area contributed by atoms with Crippen molar-refractivity contribution < 1.29 is 4.79 Å². The Labute approximate surface area is 162 Å². The van der Waals surface area contributed by atoms with E-state index in [1.807, 2.05) is 31.2 Å². The zero-order valence-corrected chi connectivity index (χ0v) is 16.9. The molecule has 1 aliphatic carbocycles. The van der Waals surface area contributed by atoms with E-state index in [0.717, 1.165) is 18.1 Å². The van der Waals surface area contributed by atoms with Crippen LogP contribution in [0.25, 0.3) is 0 Å². The van der Waals surface area contributed by atoms with Crippen molar-refractivity contribution in [1.82, 2.24) is 16.0 Å². The highest BCUT2D eigenvalue weighted by molar-refractivity contribution is 14.0. The van der Waals surface area contributed by atoms with Gasteiger partial charge in [-0.2, -0.15) is 0 Å². The van der Waals surface area contributed by atoms with E-state index in [2.05, 4.69) is 27.9 Å². The molecule has 0 saturated heterocycles. The molecule has 1 aromatic carbocycles. The van der Waals surface area contributed by atoms with Crippen molar-refractivity contribution in [2.24, 2.45) is 4.99 Å². The number of hydrogen-bond acceptors (Lipinski definition) is 2. The van der Waals surface area contributed by atoms with Crippen LogP contribution in [0.3, 0.4) is 0 Å². The van der Waals surface area contributed by atoms with Gasteiger partial charge in [-0.3, -0.25) is 9.79 Å². The Morgan fingerprint density at radius 1 is 1.25 bits per heavy atom. The van der Waals surface area contributed by atoms with Crippen molar-refractivity contribution in [1.29, 1.82) is 0 Å². The van der Waals surface area contributed by atoms with Crippen LogP contribution in [0.1, 0.15) is 48.5 Å². The van der Waals surface area contributed by atoms with E-state index < -0.39 is 0 Å². The van der Waals surface area contributed by atoms with Gasteiger partial charge in [0.15, 0.2) is 5.96 Å². The number of hydrogen-bond donors (Lipinski definition) is 3. The zero-order chi connectivity index (χ0) is 16.5. The quantitative estimate of drug-likeness (QED) is 0.274. The third kappa shape index (κ3) is 7.07. The molecule has 0 bridgehead atoms. The van der Waals surface area contributed by atoms with Gasteiger partial charge in [-0.15, -0.1) is 24.0 Å². The van der Waals surface area contributed by atoms with Crippen molar-refractivity contribution in [2.75, 3.05) is 19.6 Å². The van der Waals surface area contributed by atoms with Gasteiger partial charge in [0.2, 0.25) is 0 Å². The molecule has 134 valence electrons. The molecule has 1 amide bonds. The summed E-state index contributed by atoms with van der Waals surface area (Å²) in [7, 11) is 0. The third-order valence-corrected chi connectivity index (χ3v) is 3.99. The zero-order valence-electron chi connectivity index (χ0n) is 14.6. The van der Waals surface area contributed by atoms with Crippen molar-refractivity contribution in [3.05, 3.63) is 35.4 Å². The van der Waals surface area contributed by atoms with E-state index in [-0.39, 0.29) is 29.9 Å². The van der Waals surface area contributed by atoms with Gasteiger partial charge in [-0.25, -0.2) is 0 Å². The van der Waals surface area contributed by atoms with E-state index in [0.29, 0.717) is 24.7 Å². The van der Waals surface area contributed by atoms with Crippen LogP contribution in [-0.4, -0.2) is 37.5 Å². The van der Waals surface area contributed by atoms with Crippen LogP contribution in [0, 0.1) is 6.92 Å². The minimum atomic E-state index is -0.0438. The van der Waals surface area contributed by atoms with Crippen molar-refractivity contribution in [2.45, 2.75) is 45.6 Å². The Bertz CT molecular complexity index is 542. The predicted octanol–water partition coefficient (Wildman–Crippen LogP) is 2.84. The standard InChI is InChI=1S/C18H28N4O.HI/c1-3-19-18(22-16-9-4-5-10-16)21-12-11-20-17(23)15-8-6-7-14(2)13-15;/h6-8,13,16H,3-5,9-12H2,1-2H3,(H,20,23)(H2,19,21,22);1H. The summed E-state index contributed by atoms with van der Waals surface area (Å²) < 4.78 is 0. The molecule has 5 nitrogen and oxygen atoms in total. The first-order valence-corrected chi connectivity index (χ1v) is 8.58. The lowest BCUT2D eigenvalue weighted by molar-refractivity contribution is 0.0954. The van der Waals surface area contributed by atoms with Crippen LogP contribution in [0.2, 0.25) is 0 Å². The summed E-state index contributed by atoms with van der Waals surface area (Å²) in [6, 6.07) is 8.15. The summed E-state index contributed by atoms with van der Waals surface area (Å²) in [4.78, 5) is 16.6. The minimum absolute atomic E-state index is 0. The molecule has 0 aromatic heterocycles. The Hall–Kier alpha value is -1.31. The number of carbonyl (C=O) groups excluding carboxylic acids is 1. The molecule has 1 aliphatic rings. The summed E-state index contributed by atoms with van der Waals surface area (Å²) in [6.07, 6.45) is 5.02. The Morgan fingerprint density at radius 3 is 2.67 bits per heavy atom. The molecular formula is C18H29IN4O. The number of halogens is 1. The summed E-state index contributed by atoms with van der Waals surface area (Å²) in [5.41, 5.74) is 1.79.